The van der Waals surface area contributed by atoms with Gasteiger partial charge in [-0.2, -0.15) is 0 Å². The van der Waals surface area contributed by atoms with Gasteiger partial charge >= 0.3 is 24.0 Å². The van der Waals surface area contributed by atoms with Crippen molar-refractivity contribution in [3.8, 4) is 0 Å². The maximum Gasteiger partial charge on any atom is 0.410 e. The van der Waals surface area contributed by atoms with E-state index in [1.165, 1.54) is 43.5 Å². The van der Waals surface area contributed by atoms with Crippen molar-refractivity contribution < 1.29 is 47.7 Å². The van der Waals surface area contributed by atoms with Crippen molar-refractivity contribution in [1.82, 2.24) is 25.2 Å². The molecule has 15 nitrogen and oxygen atoms in total. The van der Waals surface area contributed by atoms with Crippen molar-refractivity contribution in [1.29, 1.82) is 0 Å². The molecular weight excluding hydrogens is 482 g/mol. The van der Waals surface area contributed by atoms with Gasteiger partial charge in [0, 0.05) is 27.7 Å². The number of carbonyl (C=O) groups is 5. The molecule has 0 bridgehead atoms. The van der Waals surface area contributed by atoms with E-state index in [0.29, 0.717) is 5.69 Å². The van der Waals surface area contributed by atoms with Crippen molar-refractivity contribution in [2.45, 2.75) is 77.9 Å². The molecular formula is C21H29N5O10. The zero-order chi connectivity index (χ0) is 26.6. The monoisotopic (exact) mass is 511 g/mol. The maximum atomic E-state index is 12.2. The average Bonchev–Trinajstić information content (AvgIpc) is 3.37. The molecule has 2 saturated heterocycles. The molecule has 1 unspecified atom stereocenters. The van der Waals surface area contributed by atoms with E-state index >= 15 is 0 Å². The van der Waals surface area contributed by atoms with Crippen LogP contribution in [0.25, 0.3) is 0 Å². The van der Waals surface area contributed by atoms with E-state index in [-0.39, 0.29) is 25.5 Å². The van der Waals surface area contributed by atoms with Gasteiger partial charge < -0.3 is 29.0 Å². The highest BCUT2D eigenvalue weighted by atomic mass is 16.7. The molecule has 2 fully saturated rings. The van der Waals surface area contributed by atoms with Gasteiger partial charge in [0.2, 0.25) is 5.91 Å². The molecule has 3 heterocycles. The number of carbonyl (C=O) groups excluding carboxylic acids is 5. The predicted octanol–water partition coefficient (Wildman–Crippen LogP) is -0.553. The maximum absolute atomic E-state index is 12.2. The predicted molar refractivity (Wildman–Crippen MR) is 116 cm³/mol. The molecule has 0 spiro atoms. The lowest BCUT2D eigenvalue weighted by Crippen LogP contribution is -2.58. The molecule has 0 aromatic carbocycles. The highest BCUT2D eigenvalue weighted by Gasteiger charge is 2.51. The lowest BCUT2D eigenvalue weighted by molar-refractivity contribution is -0.261. The minimum Gasteiger partial charge on any atom is -0.456 e. The molecule has 0 saturated carbocycles. The average molecular weight is 511 g/mol. The van der Waals surface area contributed by atoms with E-state index < -0.39 is 60.7 Å². The van der Waals surface area contributed by atoms with E-state index in [9.17, 15) is 24.0 Å². The summed E-state index contributed by atoms with van der Waals surface area (Å²) in [5.74, 6) is -2.24. The first-order valence-corrected chi connectivity index (χ1v) is 11.2. The normalized spacial score (nSPS) is 27.7. The minimum atomic E-state index is -1.22. The molecule has 2 aliphatic heterocycles. The zero-order valence-electron chi connectivity index (χ0n) is 20.5. The summed E-state index contributed by atoms with van der Waals surface area (Å²) in [6, 6.07) is 0. The van der Waals surface area contributed by atoms with Crippen LogP contribution >= 0.6 is 0 Å². The largest absolute Gasteiger partial charge is 0.456 e. The molecule has 1 N–H and O–H groups in total. The first-order chi connectivity index (χ1) is 16.9. The molecule has 0 radical (unpaired) electrons. The minimum absolute atomic E-state index is 0.0549. The third-order valence-corrected chi connectivity index (χ3v) is 5.35. The molecule has 198 valence electrons. The third kappa shape index (κ3) is 6.68. The third-order valence-electron chi connectivity index (χ3n) is 5.35. The molecule has 2 aliphatic rings. The van der Waals surface area contributed by atoms with Crippen LogP contribution in [-0.4, -0.2) is 93.4 Å². The van der Waals surface area contributed by atoms with Gasteiger partial charge in [-0.15, -0.1) is 5.10 Å². The van der Waals surface area contributed by atoms with Crippen molar-refractivity contribution in [2.75, 3.05) is 13.1 Å². The van der Waals surface area contributed by atoms with Crippen LogP contribution in [0.5, 0.6) is 0 Å². The number of nitrogens with one attached hydrogen (secondary N) is 1. The summed E-state index contributed by atoms with van der Waals surface area (Å²) >= 11 is 0. The van der Waals surface area contributed by atoms with Gasteiger partial charge in [0.15, 0.2) is 24.5 Å². The van der Waals surface area contributed by atoms with Gasteiger partial charge in [0.25, 0.3) is 0 Å². The number of hydrogen-bond donors (Lipinski definition) is 1. The lowest BCUT2D eigenvalue weighted by atomic mass is 9.98. The topological polar surface area (TPSA) is 177 Å². The molecule has 1 aromatic rings. The summed E-state index contributed by atoms with van der Waals surface area (Å²) < 4.78 is 28.6. The summed E-state index contributed by atoms with van der Waals surface area (Å²) in [6.07, 6.45) is -4.89. The second-order valence-corrected chi connectivity index (χ2v) is 8.47. The first kappa shape index (κ1) is 26.8. The van der Waals surface area contributed by atoms with Gasteiger partial charge in [-0.1, -0.05) is 5.21 Å². The summed E-state index contributed by atoms with van der Waals surface area (Å²) in [5, 5.41) is 10.7. The van der Waals surface area contributed by atoms with Crippen LogP contribution < -0.4 is 5.32 Å². The van der Waals surface area contributed by atoms with Crippen LogP contribution in [0.4, 0.5) is 4.79 Å². The highest BCUT2D eigenvalue weighted by Crippen LogP contribution is 2.34. The molecule has 2 amide bonds. The number of amides is 2. The number of rotatable bonds is 8. The van der Waals surface area contributed by atoms with Gasteiger partial charge in [0.1, 0.15) is 11.8 Å². The molecule has 15 heteroatoms. The fourth-order valence-corrected chi connectivity index (χ4v) is 3.97. The summed E-state index contributed by atoms with van der Waals surface area (Å²) in [5.41, 5.74) is 0.371. The second-order valence-electron chi connectivity index (χ2n) is 8.47. The Morgan fingerprint density at radius 3 is 2.25 bits per heavy atom. The van der Waals surface area contributed by atoms with Crippen LogP contribution in [0.3, 0.4) is 0 Å². The number of ether oxygens (including phenoxy) is 5. The van der Waals surface area contributed by atoms with Crippen molar-refractivity contribution >= 4 is 29.9 Å². The van der Waals surface area contributed by atoms with Crippen LogP contribution in [0, 0.1) is 0 Å². The Balaban J connectivity index is 1.79. The number of hydrogen-bond acceptors (Lipinski definition) is 12. The van der Waals surface area contributed by atoms with Gasteiger partial charge in [0.05, 0.1) is 31.9 Å². The van der Waals surface area contributed by atoms with Crippen LogP contribution in [0.15, 0.2) is 6.20 Å². The van der Waals surface area contributed by atoms with Crippen LogP contribution in [0.1, 0.15) is 46.5 Å². The SMILES string of the molecule is CC(=O)NCC1CN(Cc2cn([C@@H]3O[C@@H](C)[C@H](OC(C)=O)[C@@H](OC(C)=O)[C@H]3OC(C)=O)nn2)C(=O)O1. The van der Waals surface area contributed by atoms with Crippen LogP contribution in [0.2, 0.25) is 0 Å². The fraction of sp³-hybridized carbons (Fsp3) is 0.667. The number of aromatic nitrogens is 3. The van der Waals surface area contributed by atoms with Gasteiger partial charge in [-0.3, -0.25) is 24.1 Å². The standard InChI is InChI=1S/C21H29N5O10/c1-10-17(33-12(3)28)18(34-13(4)29)19(35-14(5)30)20(32-10)26-8-15(23-24-26)7-25-9-16(36-21(25)31)6-22-11(2)27/h8,10,16-20H,6-7,9H2,1-5H3,(H,22,27)/t10-,16?,17-,18+,19+,20+/m0/s1. The Morgan fingerprint density at radius 2 is 1.64 bits per heavy atom. The number of cyclic esters (lactones) is 1. The van der Waals surface area contributed by atoms with Gasteiger partial charge in [-0.25, -0.2) is 9.48 Å². The highest BCUT2D eigenvalue weighted by molar-refractivity contribution is 5.73. The lowest BCUT2D eigenvalue weighted by Gasteiger charge is -2.43. The van der Waals surface area contributed by atoms with E-state index in [0.717, 1.165) is 0 Å². The molecule has 3 rings (SSSR count). The second kappa shape index (κ2) is 11.3. The molecule has 0 aliphatic carbocycles. The van der Waals surface area contributed by atoms with Crippen molar-refractivity contribution in [3.63, 3.8) is 0 Å². The van der Waals surface area contributed by atoms with Crippen LogP contribution in [-0.2, 0) is 49.4 Å². The molecule has 6 atom stereocenters. The Kier molecular flexibility index (Phi) is 8.45. The Bertz CT molecular complexity index is 1010. The smallest absolute Gasteiger partial charge is 0.410 e. The number of esters is 3. The fourth-order valence-electron chi connectivity index (χ4n) is 3.97. The number of nitrogens with zero attached hydrogens (tertiary/aromatic N) is 4. The van der Waals surface area contributed by atoms with E-state index in [1.54, 1.807) is 6.92 Å². The molecule has 1 aromatic heterocycles. The van der Waals surface area contributed by atoms with Crippen molar-refractivity contribution in [2.24, 2.45) is 0 Å². The van der Waals surface area contributed by atoms with E-state index in [1.807, 2.05) is 0 Å². The Hall–Kier alpha value is -3.75. The summed E-state index contributed by atoms with van der Waals surface area (Å²) in [7, 11) is 0. The quantitative estimate of drug-likeness (QED) is 0.348. The van der Waals surface area contributed by atoms with Gasteiger partial charge in [-0.05, 0) is 6.92 Å². The summed E-state index contributed by atoms with van der Waals surface area (Å²) in [6.45, 7) is 6.98. The molecule has 36 heavy (non-hydrogen) atoms. The zero-order valence-corrected chi connectivity index (χ0v) is 20.5. The van der Waals surface area contributed by atoms with E-state index in [4.69, 9.17) is 23.7 Å². The Morgan fingerprint density at radius 1 is 1.03 bits per heavy atom. The summed E-state index contributed by atoms with van der Waals surface area (Å²) in [4.78, 5) is 60.0. The van der Waals surface area contributed by atoms with E-state index in [2.05, 4.69) is 15.6 Å². The Labute approximate surface area is 206 Å². The van der Waals surface area contributed by atoms with Crippen molar-refractivity contribution in [3.05, 3.63) is 11.9 Å². The first-order valence-electron chi connectivity index (χ1n) is 11.2.